The fraction of sp³-hybridized carbons (Fsp3) is 0.579. The molecule has 2 aliphatic rings. The van der Waals surface area contributed by atoms with Gasteiger partial charge in [0.2, 0.25) is 0 Å². The Morgan fingerprint density at radius 1 is 1.00 bits per heavy atom. The van der Waals surface area contributed by atoms with Crippen LogP contribution in [-0.2, 0) is 9.47 Å². The second kappa shape index (κ2) is 7.54. The lowest BCUT2D eigenvalue weighted by Crippen LogP contribution is -2.37. The van der Waals surface area contributed by atoms with E-state index in [1.807, 2.05) is 13.0 Å². The molecule has 0 N–H and O–H groups in total. The molecule has 0 amide bonds. The molecule has 0 aromatic heterocycles. The van der Waals surface area contributed by atoms with Gasteiger partial charge in [-0.25, -0.2) is 8.78 Å². The van der Waals surface area contributed by atoms with Gasteiger partial charge in [-0.15, -0.1) is 0 Å². The van der Waals surface area contributed by atoms with Gasteiger partial charge >= 0.3 is 0 Å². The van der Waals surface area contributed by atoms with Crippen molar-refractivity contribution in [2.75, 3.05) is 13.2 Å². The average molecular weight is 322 g/mol. The van der Waals surface area contributed by atoms with Crippen LogP contribution in [0.5, 0.6) is 0 Å². The van der Waals surface area contributed by atoms with E-state index in [1.54, 1.807) is 6.07 Å². The molecule has 3 rings (SSSR count). The van der Waals surface area contributed by atoms with Gasteiger partial charge in [-0.1, -0.05) is 18.2 Å². The summed E-state index contributed by atoms with van der Waals surface area (Å²) in [6.07, 6.45) is 7.99. The van der Waals surface area contributed by atoms with Crippen LogP contribution in [0.25, 0.3) is 0 Å². The van der Waals surface area contributed by atoms with Gasteiger partial charge in [0.1, 0.15) is 0 Å². The summed E-state index contributed by atoms with van der Waals surface area (Å²) < 4.78 is 38.2. The number of hydrogen-bond donors (Lipinski definition) is 0. The molecule has 1 aromatic rings. The highest BCUT2D eigenvalue weighted by Gasteiger charge is 2.32. The van der Waals surface area contributed by atoms with Crippen LogP contribution in [0.3, 0.4) is 0 Å². The molecule has 23 heavy (non-hydrogen) atoms. The van der Waals surface area contributed by atoms with Gasteiger partial charge in [0.25, 0.3) is 0 Å². The lowest BCUT2D eigenvalue weighted by Gasteiger charge is -2.37. The predicted molar refractivity (Wildman–Crippen MR) is 85.1 cm³/mol. The fourth-order valence-corrected chi connectivity index (χ4v) is 3.68. The van der Waals surface area contributed by atoms with Gasteiger partial charge in [0, 0.05) is 11.8 Å². The molecule has 2 fully saturated rings. The van der Waals surface area contributed by atoms with Crippen LogP contribution in [0.1, 0.15) is 44.1 Å². The molecule has 1 aliphatic heterocycles. The Hall–Kier alpha value is -1.26. The zero-order valence-electron chi connectivity index (χ0n) is 13.5. The average Bonchev–Trinajstić information content (AvgIpc) is 2.59. The predicted octanol–water partition coefficient (Wildman–Crippen LogP) is 4.80. The minimum Gasteiger partial charge on any atom is -0.352 e. The first-order valence-corrected chi connectivity index (χ1v) is 8.48. The zero-order valence-corrected chi connectivity index (χ0v) is 13.5. The van der Waals surface area contributed by atoms with E-state index in [0.29, 0.717) is 17.8 Å². The van der Waals surface area contributed by atoms with Crippen LogP contribution in [0, 0.1) is 23.5 Å². The van der Waals surface area contributed by atoms with Gasteiger partial charge in [-0.05, 0) is 56.2 Å². The normalized spacial score (nSPS) is 32.3. The highest BCUT2D eigenvalue weighted by atomic mass is 19.2. The van der Waals surface area contributed by atoms with E-state index < -0.39 is 11.6 Å². The van der Waals surface area contributed by atoms with Crippen molar-refractivity contribution >= 4 is 0 Å². The summed E-state index contributed by atoms with van der Waals surface area (Å²) in [6, 6.07) is 4.28. The van der Waals surface area contributed by atoms with Crippen LogP contribution in [0.4, 0.5) is 8.78 Å². The third-order valence-electron chi connectivity index (χ3n) is 4.99. The van der Waals surface area contributed by atoms with Crippen LogP contribution in [-0.4, -0.2) is 19.5 Å². The summed E-state index contributed by atoms with van der Waals surface area (Å²) in [6.45, 7) is 3.45. The van der Waals surface area contributed by atoms with Gasteiger partial charge in [0.15, 0.2) is 17.9 Å². The Bertz CT molecular complexity index is 542. The minimum absolute atomic E-state index is 0.109. The summed E-state index contributed by atoms with van der Waals surface area (Å²) in [7, 11) is 0. The second-order valence-corrected chi connectivity index (χ2v) is 6.61. The maximum atomic E-state index is 13.4. The molecule has 1 heterocycles. The first kappa shape index (κ1) is 16.6. The number of allylic oxidation sites excluding steroid dienone is 1. The lowest BCUT2D eigenvalue weighted by molar-refractivity contribution is -0.222. The molecule has 0 radical (unpaired) electrons. The maximum absolute atomic E-state index is 13.4. The summed E-state index contributed by atoms with van der Waals surface area (Å²) in [5.74, 6) is -0.459. The molecule has 0 spiro atoms. The number of rotatable bonds is 3. The molecule has 1 saturated carbocycles. The third-order valence-corrected chi connectivity index (χ3v) is 4.99. The van der Waals surface area contributed by atoms with E-state index in [4.69, 9.17) is 9.47 Å². The van der Waals surface area contributed by atoms with Crippen molar-refractivity contribution in [3.05, 3.63) is 47.5 Å². The van der Waals surface area contributed by atoms with Gasteiger partial charge < -0.3 is 9.47 Å². The van der Waals surface area contributed by atoms with E-state index in [2.05, 4.69) is 6.08 Å². The van der Waals surface area contributed by atoms with Crippen molar-refractivity contribution < 1.29 is 18.3 Å². The van der Waals surface area contributed by atoms with Crippen molar-refractivity contribution in [2.24, 2.45) is 11.8 Å². The number of ether oxygens (including phenoxy) is 2. The first-order chi connectivity index (χ1) is 11.2. The summed E-state index contributed by atoms with van der Waals surface area (Å²) in [5.41, 5.74) is 0.904. The molecule has 0 atom stereocenters. The largest absolute Gasteiger partial charge is 0.352 e. The molecule has 1 aliphatic carbocycles. The standard InChI is InChI=1S/C19H24F2O2/c1-2-3-13-11-22-19(23-12-13)15-6-4-14(5-7-15)16-8-9-17(20)18(21)10-16/h2-3,8-10,13-15,19H,4-7,11-12H2,1H3/t13-,14-,15-,19-. The van der Waals surface area contributed by atoms with E-state index in [0.717, 1.165) is 44.5 Å². The molecule has 126 valence electrons. The van der Waals surface area contributed by atoms with Gasteiger partial charge in [-0.2, -0.15) is 0 Å². The van der Waals surface area contributed by atoms with Crippen LogP contribution in [0.2, 0.25) is 0 Å². The molecule has 0 unspecified atom stereocenters. The quantitative estimate of drug-likeness (QED) is 0.744. The van der Waals surface area contributed by atoms with E-state index in [1.165, 1.54) is 12.1 Å². The maximum Gasteiger partial charge on any atom is 0.160 e. The SMILES string of the molecule is CC=C[C@H]1CO[C@H]([C@H]2CC[C@H](c3ccc(F)c(F)c3)CC2)OC1. The topological polar surface area (TPSA) is 18.5 Å². The molecule has 1 saturated heterocycles. The molecule has 2 nitrogen and oxygen atoms in total. The van der Waals surface area contributed by atoms with Crippen molar-refractivity contribution in [1.29, 1.82) is 0 Å². The lowest BCUT2D eigenvalue weighted by atomic mass is 9.78. The minimum atomic E-state index is -0.776. The van der Waals surface area contributed by atoms with Crippen LogP contribution >= 0.6 is 0 Å². The van der Waals surface area contributed by atoms with Crippen molar-refractivity contribution in [2.45, 2.75) is 44.8 Å². The zero-order chi connectivity index (χ0) is 16.2. The van der Waals surface area contributed by atoms with E-state index in [-0.39, 0.29) is 6.29 Å². The second-order valence-electron chi connectivity index (χ2n) is 6.61. The Labute approximate surface area is 136 Å². The highest BCUT2D eigenvalue weighted by molar-refractivity contribution is 5.22. The van der Waals surface area contributed by atoms with E-state index >= 15 is 0 Å². The number of halogens is 2. The number of benzene rings is 1. The van der Waals surface area contributed by atoms with Crippen molar-refractivity contribution in [1.82, 2.24) is 0 Å². The Kier molecular flexibility index (Phi) is 5.44. The molecule has 4 heteroatoms. The summed E-state index contributed by atoms with van der Waals surface area (Å²) >= 11 is 0. The monoisotopic (exact) mass is 322 g/mol. The van der Waals surface area contributed by atoms with Crippen LogP contribution < -0.4 is 0 Å². The third kappa shape index (κ3) is 3.99. The van der Waals surface area contributed by atoms with Crippen LogP contribution in [0.15, 0.2) is 30.4 Å². The molecule has 1 aromatic carbocycles. The van der Waals surface area contributed by atoms with Crippen molar-refractivity contribution in [3.63, 3.8) is 0 Å². The van der Waals surface area contributed by atoms with Crippen molar-refractivity contribution in [3.8, 4) is 0 Å². The van der Waals surface area contributed by atoms with Gasteiger partial charge in [0.05, 0.1) is 13.2 Å². The smallest absolute Gasteiger partial charge is 0.160 e. The Morgan fingerprint density at radius 2 is 1.70 bits per heavy atom. The Balaban J connectivity index is 1.51. The summed E-state index contributed by atoms with van der Waals surface area (Å²) in [5, 5.41) is 0. The first-order valence-electron chi connectivity index (χ1n) is 8.48. The van der Waals surface area contributed by atoms with E-state index in [9.17, 15) is 8.78 Å². The fourth-order valence-electron chi connectivity index (χ4n) is 3.68. The Morgan fingerprint density at radius 3 is 2.30 bits per heavy atom. The molecular formula is C19H24F2O2. The number of hydrogen-bond acceptors (Lipinski definition) is 2. The molecule has 0 bridgehead atoms. The van der Waals surface area contributed by atoms with Gasteiger partial charge in [-0.3, -0.25) is 0 Å². The summed E-state index contributed by atoms with van der Waals surface area (Å²) in [4.78, 5) is 0. The highest BCUT2D eigenvalue weighted by Crippen LogP contribution is 2.39. The molecular weight excluding hydrogens is 298 g/mol.